The van der Waals surface area contributed by atoms with E-state index in [4.69, 9.17) is 9.47 Å². The molecule has 0 aromatic heterocycles. The van der Waals surface area contributed by atoms with Crippen molar-refractivity contribution in [1.82, 2.24) is 36.0 Å². The molecule has 18 heteroatoms. The number of amides is 6. The van der Waals surface area contributed by atoms with E-state index in [0.29, 0.717) is 6.79 Å². The molecule has 0 aliphatic carbocycles. The lowest BCUT2D eigenvalue weighted by molar-refractivity contribution is -0.163. The molecule has 0 aliphatic heterocycles. The molecule has 0 saturated carbocycles. The maximum atomic E-state index is 11.4. The molecule has 0 aromatic rings. The van der Waals surface area contributed by atoms with E-state index >= 15 is 0 Å². The number of ether oxygens (including phenoxy) is 3. The molecule has 6 amide bonds. The minimum Gasteiger partial charge on any atom is -0.452 e. The Labute approximate surface area is 393 Å². The van der Waals surface area contributed by atoms with Gasteiger partial charge in [0, 0.05) is 38.6 Å². The molecular formula is C46H103N7O10S. The van der Waals surface area contributed by atoms with Crippen LogP contribution in [0.3, 0.4) is 0 Å². The number of urea groups is 1. The van der Waals surface area contributed by atoms with Gasteiger partial charge in [-0.25, -0.2) is 14.3 Å². The van der Waals surface area contributed by atoms with Crippen LogP contribution in [0.15, 0.2) is 0 Å². The van der Waals surface area contributed by atoms with Gasteiger partial charge in [-0.05, 0) is 166 Å². The quantitative estimate of drug-likeness (QED) is 0.0988. The monoisotopic (exact) mass is 946 g/mol. The van der Waals surface area contributed by atoms with E-state index in [0.717, 1.165) is 7.11 Å². The van der Waals surface area contributed by atoms with Crippen molar-refractivity contribution in [1.29, 1.82) is 0 Å². The highest BCUT2D eigenvalue weighted by atomic mass is 32.2. The molecule has 0 radical (unpaired) electrons. The van der Waals surface area contributed by atoms with Crippen molar-refractivity contribution in [2.45, 2.75) is 253 Å². The van der Waals surface area contributed by atoms with Crippen molar-refractivity contribution in [3.05, 3.63) is 0 Å². The van der Waals surface area contributed by atoms with Crippen molar-refractivity contribution >= 4 is 40.1 Å². The van der Waals surface area contributed by atoms with Gasteiger partial charge in [-0.1, -0.05) is 35.6 Å². The third-order valence-corrected chi connectivity index (χ3v) is 6.64. The summed E-state index contributed by atoms with van der Waals surface area (Å²) in [5.41, 5.74) is -2.18. The van der Waals surface area contributed by atoms with E-state index < -0.39 is 21.8 Å². The van der Waals surface area contributed by atoms with E-state index in [9.17, 15) is 32.4 Å². The summed E-state index contributed by atoms with van der Waals surface area (Å²) in [5.74, 6) is -0.390. The summed E-state index contributed by atoms with van der Waals surface area (Å²) in [5, 5.41) is 14.0. The van der Waals surface area contributed by atoms with E-state index in [1.165, 1.54) is 0 Å². The van der Waals surface area contributed by atoms with E-state index in [-0.39, 0.29) is 89.3 Å². The first kappa shape index (κ1) is 75.1. The van der Waals surface area contributed by atoms with Gasteiger partial charge in [-0.2, -0.15) is 13.1 Å². The van der Waals surface area contributed by atoms with Crippen molar-refractivity contribution < 1.29 is 46.6 Å². The number of methoxy groups -OCH3 is 1. The minimum absolute atomic E-state index is 0. The van der Waals surface area contributed by atoms with Crippen molar-refractivity contribution in [3.63, 3.8) is 0 Å². The van der Waals surface area contributed by atoms with Crippen molar-refractivity contribution in [2.75, 3.05) is 13.9 Å². The first-order chi connectivity index (χ1) is 26.6. The van der Waals surface area contributed by atoms with Gasteiger partial charge >= 0.3 is 22.3 Å². The fourth-order valence-electron chi connectivity index (χ4n) is 3.27. The Hall–Kier alpha value is -3.22. The molecule has 388 valence electrons. The van der Waals surface area contributed by atoms with Crippen LogP contribution >= 0.6 is 0 Å². The fourth-order valence-corrected chi connectivity index (χ4v) is 4.43. The summed E-state index contributed by atoms with van der Waals surface area (Å²) in [7, 11) is -2.74. The van der Waals surface area contributed by atoms with E-state index in [1.54, 1.807) is 25.5 Å². The van der Waals surface area contributed by atoms with Crippen LogP contribution < -0.4 is 36.0 Å². The summed E-state index contributed by atoms with van der Waals surface area (Å²) in [6.45, 7) is 52.1. The predicted octanol–water partition coefficient (Wildman–Crippen LogP) is 8.86. The molecule has 0 fully saturated rings. The summed E-state index contributed by atoms with van der Waals surface area (Å²) in [6.07, 6.45) is -1.13. The van der Waals surface area contributed by atoms with Gasteiger partial charge in [-0.3, -0.25) is 14.4 Å². The Kier molecular flexibility index (Phi) is 34.5. The highest BCUT2D eigenvalue weighted by molar-refractivity contribution is 7.88. The Morgan fingerprint density at radius 1 is 0.438 bits per heavy atom. The zero-order valence-corrected chi connectivity index (χ0v) is 45.2. The number of rotatable bonds is 6. The summed E-state index contributed by atoms with van der Waals surface area (Å²) in [6, 6.07) is -0.116. The number of nitrogens with one attached hydrogen (secondary N) is 7. The van der Waals surface area contributed by atoms with Crippen LogP contribution in [0.1, 0.15) is 208 Å². The molecule has 0 rings (SSSR count). The smallest absolute Gasteiger partial charge is 0.421 e. The standard InChI is InChI=1S/C11H22N2O2.C9H20N2O.C9H19NO.C9H20O2.C6H14N2O4S.2CH4/c1-10(2,3)12-8(14)7-9(15)13-11(4,5)6;1-8(2,3)10-7(12)11-9(4,5)6;1-8(2,3)7(11)10-9(4,5)6;1-8(2,3)10-7-11-9(4,5)6;1-6(2,3)8-13(10,11)7-5(9)12-4;;/h7H2,1-6H3,(H,12,14)(H,13,15);1-6H3,(H2,10,11,12);1-6H3,(H,10,11);7H2,1-6H3;8H,1-4H3,(H,7,9);2*1H4. The first-order valence-corrected chi connectivity index (χ1v) is 22.3. The third kappa shape index (κ3) is 70.4. The average molecular weight is 946 g/mol. The second-order valence-corrected chi connectivity index (χ2v) is 25.3. The topological polar surface area (TPSA) is 231 Å². The molecule has 0 unspecified atom stereocenters. The minimum atomic E-state index is -3.83. The Balaban J connectivity index is -0.000000127. The lowest BCUT2D eigenvalue weighted by atomic mass is 9.94. The Bertz CT molecular complexity index is 1400. The number of hydrogen-bond donors (Lipinski definition) is 7. The van der Waals surface area contributed by atoms with E-state index in [2.05, 4.69) is 36.0 Å². The number of hydrogen-bond acceptors (Lipinski definition) is 10. The predicted molar refractivity (Wildman–Crippen MR) is 266 cm³/mol. The van der Waals surface area contributed by atoms with Gasteiger partial charge in [0.05, 0.1) is 18.3 Å². The van der Waals surface area contributed by atoms with Crippen molar-refractivity contribution in [2.24, 2.45) is 5.41 Å². The van der Waals surface area contributed by atoms with Crippen molar-refractivity contribution in [3.8, 4) is 0 Å². The Morgan fingerprint density at radius 3 is 0.906 bits per heavy atom. The van der Waals surface area contributed by atoms with Crippen LogP contribution in [0.2, 0.25) is 0 Å². The maximum absolute atomic E-state index is 11.4. The van der Waals surface area contributed by atoms with Crippen LogP contribution in [-0.4, -0.2) is 96.6 Å². The van der Waals surface area contributed by atoms with Crippen LogP contribution in [0.5, 0.6) is 0 Å². The molecule has 7 N–H and O–H groups in total. The van der Waals surface area contributed by atoms with Gasteiger partial charge in [0.1, 0.15) is 13.2 Å². The lowest BCUT2D eigenvalue weighted by Gasteiger charge is -2.26. The number of carbonyl (C=O) groups excluding carboxylic acids is 5. The first-order valence-electron chi connectivity index (χ1n) is 20.8. The zero-order chi connectivity index (χ0) is 51.4. The second-order valence-electron chi connectivity index (χ2n) is 23.9. The molecule has 17 nitrogen and oxygen atoms in total. The molecular weight excluding hydrogens is 843 g/mol. The van der Waals surface area contributed by atoms with Crippen LogP contribution in [-0.2, 0) is 38.8 Å². The fraction of sp³-hybridized carbons (Fsp3) is 0.891. The SMILES string of the molecule is C.C.CC(C)(C)NC(=O)C(C)(C)C.CC(C)(C)NC(=O)CC(=O)NC(C)(C)C.CC(C)(C)NC(=O)NC(C)(C)C.CC(C)(C)OCOC(C)(C)C.COC(=O)NS(=O)(=O)NC(C)(C)C. The maximum Gasteiger partial charge on any atom is 0.421 e. The lowest BCUT2D eigenvalue weighted by Crippen LogP contribution is -2.52. The largest absolute Gasteiger partial charge is 0.452 e. The molecule has 0 aliphatic rings. The molecule has 0 atom stereocenters. The summed E-state index contributed by atoms with van der Waals surface area (Å²) >= 11 is 0. The van der Waals surface area contributed by atoms with Gasteiger partial charge in [0.15, 0.2) is 0 Å². The molecule has 0 heterocycles. The van der Waals surface area contributed by atoms with Gasteiger partial charge in [-0.15, -0.1) is 0 Å². The van der Waals surface area contributed by atoms with Gasteiger partial charge < -0.3 is 40.8 Å². The third-order valence-electron chi connectivity index (χ3n) is 5.32. The summed E-state index contributed by atoms with van der Waals surface area (Å²) < 4.78 is 41.0. The van der Waals surface area contributed by atoms with E-state index in [1.807, 2.05) is 166 Å². The molecule has 0 aromatic carbocycles. The molecule has 0 spiro atoms. The summed E-state index contributed by atoms with van der Waals surface area (Å²) in [4.78, 5) is 55.9. The Morgan fingerprint density at radius 2 is 0.719 bits per heavy atom. The van der Waals surface area contributed by atoms with Gasteiger partial charge in [0.25, 0.3) is 0 Å². The normalized spacial score (nSPS) is 12.2. The highest BCUT2D eigenvalue weighted by Crippen LogP contribution is 2.15. The molecule has 0 saturated heterocycles. The zero-order valence-electron chi connectivity index (χ0n) is 44.4. The van der Waals surface area contributed by atoms with Crippen LogP contribution in [0.25, 0.3) is 0 Å². The second kappa shape index (κ2) is 29.4. The molecule has 0 bridgehead atoms. The highest BCUT2D eigenvalue weighted by Gasteiger charge is 2.25. The average Bonchev–Trinajstić information content (AvgIpc) is 2.85. The van der Waals surface area contributed by atoms with Crippen LogP contribution in [0.4, 0.5) is 9.59 Å². The van der Waals surface area contributed by atoms with Gasteiger partial charge in [0.2, 0.25) is 17.7 Å². The molecule has 64 heavy (non-hydrogen) atoms. The van der Waals surface area contributed by atoms with Crippen LogP contribution in [0, 0.1) is 5.41 Å². The number of carbonyl (C=O) groups is 5.